The molecule has 0 aliphatic carbocycles. The third kappa shape index (κ3) is 4.63. The molecule has 0 bridgehead atoms. The quantitative estimate of drug-likeness (QED) is 0.681. The summed E-state index contributed by atoms with van der Waals surface area (Å²) in [6.45, 7) is 2.51. The normalized spacial score (nSPS) is 13.9. The van der Waals surface area contributed by atoms with Crippen molar-refractivity contribution in [2.45, 2.75) is 0 Å². The first-order chi connectivity index (χ1) is 14.6. The summed E-state index contributed by atoms with van der Waals surface area (Å²) >= 11 is 6.06. The van der Waals surface area contributed by atoms with Crippen molar-refractivity contribution in [2.24, 2.45) is 0 Å². The van der Waals surface area contributed by atoms with Crippen LogP contribution in [0, 0.1) is 0 Å². The molecule has 8 heteroatoms. The molecule has 154 valence electrons. The average molecular weight is 425 g/mol. The first-order valence-electron chi connectivity index (χ1n) is 9.69. The fourth-order valence-electron chi connectivity index (χ4n) is 3.37. The maximum absolute atomic E-state index is 12.5. The van der Waals surface area contributed by atoms with Gasteiger partial charge in [-0.15, -0.1) is 0 Å². The highest BCUT2D eigenvalue weighted by atomic mass is 35.5. The van der Waals surface area contributed by atoms with E-state index in [2.05, 4.69) is 15.4 Å². The minimum Gasteiger partial charge on any atom is -0.368 e. The maximum atomic E-state index is 12.5. The molecule has 1 fully saturated rings. The van der Waals surface area contributed by atoms with Crippen molar-refractivity contribution in [1.29, 1.82) is 0 Å². The molecule has 2 aromatic carbocycles. The van der Waals surface area contributed by atoms with Gasteiger partial charge in [0, 0.05) is 48.5 Å². The number of amides is 2. The highest BCUT2D eigenvalue weighted by Gasteiger charge is 2.22. The number of hydrogen-bond acceptors (Lipinski definition) is 5. The molecule has 1 aliphatic rings. The number of anilines is 1. The standard InChI is InChI=1S/C22H21ClN4O3/c23-17-7-4-8-18(13-17)26-9-11-27(12-10-26)21(28)15-24-22(29)20-14-19(25-30-20)16-5-2-1-3-6-16/h1-8,13-14H,9-12,15H2,(H,24,29). The molecule has 3 aromatic rings. The van der Waals surface area contributed by atoms with E-state index in [1.165, 1.54) is 0 Å². The molecule has 2 heterocycles. The number of rotatable bonds is 5. The zero-order valence-electron chi connectivity index (χ0n) is 16.3. The van der Waals surface area contributed by atoms with Crippen molar-refractivity contribution in [2.75, 3.05) is 37.6 Å². The topological polar surface area (TPSA) is 78.7 Å². The molecule has 1 N–H and O–H groups in total. The van der Waals surface area contributed by atoms with Gasteiger partial charge in [0.25, 0.3) is 5.91 Å². The van der Waals surface area contributed by atoms with Gasteiger partial charge in [0.15, 0.2) is 0 Å². The summed E-state index contributed by atoms with van der Waals surface area (Å²) in [5, 5.41) is 7.23. The van der Waals surface area contributed by atoms with E-state index in [4.69, 9.17) is 16.1 Å². The van der Waals surface area contributed by atoms with Gasteiger partial charge in [-0.05, 0) is 18.2 Å². The molecule has 0 unspecified atom stereocenters. The minimum absolute atomic E-state index is 0.0763. The van der Waals surface area contributed by atoms with Gasteiger partial charge in [-0.2, -0.15) is 0 Å². The van der Waals surface area contributed by atoms with Gasteiger partial charge in [-0.25, -0.2) is 0 Å². The van der Waals surface area contributed by atoms with Crippen LogP contribution in [-0.4, -0.2) is 54.6 Å². The molecule has 0 radical (unpaired) electrons. The van der Waals surface area contributed by atoms with Crippen LogP contribution in [0.4, 0.5) is 5.69 Å². The fourth-order valence-corrected chi connectivity index (χ4v) is 3.55. The van der Waals surface area contributed by atoms with Gasteiger partial charge in [0.2, 0.25) is 11.7 Å². The second-order valence-electron chi connectivity index (χ2n) is 6.97. The first kappa shape index (κ1) is 20.0. The summed E-state index contributed by atoms with van der Waals surface area (Å²) in [5.41, 5.74) is 2.47. The third-order valence-electron chi connectivity index (χ3n) is 5.01. The fraction of sp³-hybridized carbons (Fsp3) is 0.227. The Labute approximate surface area is 179 Å². The van der Waals surface area contributed by atoms with Crippen molar-refractivity contribution in [3.63, 3.8) is 0 Å². The zero-order valence-corrected chi connectivity index (χ0v) is 17.0. The summed E-state index contributed by atoms with van der Waals surface area (Å²) in [5.74, 6) is -0.514. The van der Waals surface area contributed by atoms with Crippen LogP contribution in [0.15, 0.2) is 65.2 Å². The number of nitrogens with one attached hydrogen (secondary N) is 1. The van der Waals surface area contributed by atoms with Gasteiger partial charge in [0.05, 0.1) is 6.54 Å². The van der Waals surface area contributed by atoms with Crippen LogP contribution >= 0.6 is 11.6 Å². The zero-order chi connectivity index (χ0) is 20.9. The van der Waals surface area contributed by atoms with Crippen LogP contribution in [0.1, 0.15) is 10.6 Å². The minimum atomic E-state index is -0.462. The largest absolute Gasteiger partial charge is 0.368 e. The summed E-state index contributed by atoms with van der Waals surface area (Å²) in [6, 6.07) is 18.7. The van der Waals surface area contributed by atoms with Crippen LogP contribution in [0.2, 0.25) is 5.02 Å². The Morgan fingerprint density at radius 1 is 1.00 bits per heavy atom. The molecule has 0 spiro atoms. The lowest BCUT2D eigenvalue weighted by Crippen LogP contribution is -2.51. The Balaban J connectivity index is 1.27. The predicted molar refractivity (Wildman–Crippen MR) is 115 cm³/mol. The average Bonchev–Trinajstić information content (AvgIpc) is 3.28. The number of halogens is 1. The van der Waals surface area contributed by atoms with Gasteiger partial charge >= 0.3 is 0 Å². The van der Waals surface area contributed by atoms with E-state index in [-0.39, 0.29) is 18.2 Å². The van der Waals surface area contributed by atoms with E-state index in [1.54, 1.807) is 11.0 Å². The van der Waals surface area contributed by atoms with E-state index in [1.807, 2.05) is 54.6 Å². The number of hydrogen-bond donors (Lipinski definition) is 1. The Bertz CT molecular complexity index is 1030. The van der Waals surface area contributed by atoms with Gasteiger partial charge < -0.3 is 19.6 Å². The Morgan fingerprint density at radius 3 is 2.50 bits per heavy atom. The number of piperazine rings is 1. The maximum Gasteiger partial charge on any atom is 0.290 e. The smallest absolute Gasteiger partial charge is 0.290 e. The molecule has 0 saturated carbocycles. The van der Waals surface area contributed by atoms with Crippen molar-refractivity contribution in [3.05, 3.63) is 71.4 Å². The third-order valence-corrected chi connectivity index (χ3v) is 5.24. The van der Waals surface area contributed by atoms with E-state index < -0.39 is 5.91 Å². The number of aromatic nitrogens is 1. The van der Waals surface area contributed by atoms with Gasteiger partial charge in [-0.3, -0.25) is 9.59 Å². The van der Waals surface area contributed by atoms with Gasteiger partial charge in [-0.1, -0.05) is 53.2 Å². The summed E-state index contributed by atoms with van der Waals surface area (Å²) in [4.78, 5) is 28.7. The molecule has 7 nitrogen and oxygen atoms in total. The van der Waals surface area contributed by atoms with E-state index in [0.717, 1.165) is 11.3 Å². The van der Waals surface area contributed by atoms with Crippen molar-refractivity contribution in [1.82, 2.24) is 15.4 Å². The first-order valence-corrected chi connectivity index (χ1v) is 10.1. The lowest BCUT2D eigenvalue weighted by Gasteiger charge is -2.36. The second-order valence-corrected chi connectivity index (χ2v) is 7.41. The molecule has 0 atom stereocenters. The van der Waals surface area contributed by atoms with Crippen LogP contribution < -0.4 is 10.2 Å². The summed E-state index contributed by atoms with van der Waals surface area (Å²) in [6.07, 6.45) is 0. The predicted octanol–water partition coefficient (Wildman–Crippen LogP) is 3.07. The second kappa shape index (κ2) is 9.00. The monoisotopic (exact) mass is 424 g/mol. The number of nitrogens with zero attached hydrogens (tertiary/aromatic N) is 3. The molecule has 1 aliphatic heterocycles. The van der Waals surface area contributed by atoms with Crippen LogP contribution in [0.3, 0.4) is 0 Å². The van der Waals surface area contributed by atoms with Crippen molar-refractivity contribution < 1.29 is 14.1 Å². The number of benzene rings is 2. The van der Waals surface area contributed by atoms with E-state index in [0.29, 0.717) is 36.9 Å². The molecule has 2 amide bonds. The van der Waals surface area contributed by atoms with E-state index >= 15 is 0 Å². The lowest BCUT2D eigenvalue weighted by molar-refractivity contribution is -0.130. The Hall–Kier alpha value is -3.32. The van der Waals surface area contributed by atoms with Crippen LogP contribution in [-0.2, 0) is 4.79 Å². The summed E-state index contributed by atoms with van der Waals surface area (Å²) < 4.78 is 5.13. The van der Waals surface area contributed by atoms with Crippen LogP contribution in [0.5, 0.6) is 0 Å². The Kier molecular flexibility index (Phi) is 5.99. The van der Waals surface area contributed by atoms with Crippen molar-refractivity contribution >= 4 is 29.1 Å². The highest BCUT2D eigenvalue weighted by molar-refractivity contribution is 6.30. The SMILES string of the molecule is O=C(NCC(=O)N1CCN(c2cccc(Cl)c2)CC1)c1cc(-c2ccccc2)no1. The number of carbonyl (C=O) groups excluding carboxylic acids is 2. The van der Waals surface area contributed by atoms with Crippen molar-refractivity contribution in [3.8, 4) is 11.3 Å². The molecule has 1 aromatic heterocycles. The summed E-state index contributed by atoms with van der Waals surface area (Å²) in [7, 11) is 0. The number of carbonyl (C=O) groups is 2. The molecular formula is C22H21ClN4O3. The lowest BCUT2D eigenvalue weighted by atomic mass is 10.1. The molecule has 30 heavy (non-hydrogen) atoms. The van der Waals surface area contributed by atoms with Gasteiger partial charge in [0.1, 0.15) is 5.69 Å². The molecule has 4 rings (SSSR count). The van der Waals surface area contributed by atoms with Crippen LogP contribution in [0.25, 0.3) is 11.3 Å². The Morgan fingerprint density at radius 2 is 1.77 bits per heavy atom. The van der Waals surface area contributed by atoms with E-state index in [9.17, 15) is 9.59 Å². The molecule has 1 saturated heterocycles. The molecular weight excluding hydrogens is 404 g/mol. The highest BCUT2D eigenvalue weighted by Crippen LogP contribution is 2.21.